The Morgan fingerprint density at radius 3 is 0.893 bits per heavy atom. The monoisotopic (exact) mass is 1800 g/mol. The quantitative estimate of drug-likeness (QED) is 0.0194. The van der Waals surface area contributed by atoms with E-state index in [1.165, 1.54) is 182 Å². The molecule has 0 amide bonds. The number of esters is 9. The van der Waals surface area contributed by atoms with Crippen LogP contribution in [0, 0.1) is 11.8 Å². The molecule has 0 saturated carbocycles. The lowest BCUT2D eigenvalue weighted by atomic mass is 9.85. The van der Waals surface area contributed by atoms with E-state index in [0.29, 0.717) is 0 Å². The van der Waals surface area contributed by atoms with E-state index in [4.69, 9.17) is 71.1 Å². The van der Waals surface area contributed by atoms with Crippen LogP contribution in [0.2, 0.25) is 0 Å². The first-order valence-electron chi connectivity index (χ1n) is 47.0. The van der Waals surface area contributed by atoms with E-state index >= 15 is 19.2 Å². The minimum atomic E-state index is -2.13. The van der Waals surface area contributed by atoms with E-state index in [2.05, 4.69) is 13.8 Å². The van der Waals surface area contributed by atoms with Gasteiger partial charge in [0.2, 0.25) is 0 Å². The SMILES string of the molecule is CCCCCCCCCCCCCCC(CCCCCCCCCCCCCC)CO[C@@H]1OC(COC(=O)c2ccccc2)[C@@H](O[C@@H]2OC(C)[C@@H](OC(=O)c3ccccc3)C(OC(=O)c3ccccc3)C2OC(=O)c2ccccc2)C(O[C@@H]2OC(COC(=O)c3ccccc3)[C@H](OC(=O)c3ccccc3)C(CC(=O)OC)[C@@H]2OC(=O)c2ccccc2)[C@@H]1OC(=O)c1ccccc1. The van der Waals surface area contributed by atoms with Crippen molar-refractivity contribution in [2.45, 2.75) is 280 Å². The van der Waals surface area contributed by atoms with Gasteiger partial charge in [0.05, 0.1) is 76.7 Å². The zero-order valence-corrected chi connectivity index (χ0v) is 75.8. The zero-order valence-electron chi connectivity index (χ0n) is 75.8. The van der Waals surface area contributed by atoms with Crippen LogP contribution in [0.15, 0.2) is 243 Å². The van der Waals surface area contributed by atoms with Crippen LogP contribution >= 0.6 is 0 Å². The number of rotatable bonds is 53. The summed E-state index contributed by atoms with van der Waals surface area (Å²) in [6.07, 6.45) is 2.38. The highest BCUT2D eigenvalue weighted by molar-refractivity contribution is 5.93. The average molecular weight is 1800 g/mol. The minimum Gasteiger partial charge on any atom is -0.469 e. The summed E-state index contributed by atoms with van der Waals surface area (Å²) in [6.45, 7) is 4.44. The number of carbonyl (C=O) groups excluding carboxylic acids is 9. The molecule has 0 aromatic heterocycles. The summed E-state index contributed by atoms with van der Waals surface area (Å²) in [5.74, 6) is -10.1. The van der Waals surface area contributed by atoms with Crippen molar-refractivity contribution in [2.24, 2.45) is 11.8 Å². The second-order valence-electron chi connectivity index (χ2n) is 33.8. The molecule has 131 heavy (non-hydrogen) atoms. The fourth-order valence-corrected chi connectivity index (χ4v) is 16.8. The molecule has 3 aliphatic rings. The van der Waals surface area contributed by atoms with Crippen molar-refractivity contribution in [3.8, 4) is 0 Å². The van der Waals surface area contributed by atoms with Gasteiger partial charge in [0, 0.05) is 0 Å². The highest BCUT2D eigenvalue weighted by atomic mass is 16.8. The van der Waals surface area contributed by atoms with Crippen LogP contribution in [-0.4, -0.2) is 167 Å². The van der Waals surface area contributed by atoms with Crippen molar-refractivity contribution in [1.29, 1.82) is 0 Å². The van der Waals surface area contributed by atoms with Crippen molar-refractivity contribution >= 4 is 53.7 Å². The second kappa shape index (κ2) is 55.2. The standard InChI is InChI=1S/C107H128O24/c1-5-7-9-11-13-15-17-19-21-23-25-35-53-76(54-36-26-24-22-20-18-16-14-12-10-8-6-2)72-120-105-95(128-103(115)83-67-49-33-50-68-83)94(131-106-91(126-101(113)81-63-45-31-46-64-81)85(71-88(108)117-4)90(125-100(112)80-61-43-30-44-62-80)86(123-106)73-118-97(109)77-55-37-27-38-56-77)92(87(122-105)74-119-98(110)78-57-39-28-40-58-78)130-107-96(129-104(116)84-69-51-34-52-70-84)93(127-102(114)82-65-47-32-48-66-82)89(75(3)121-107)124-99(111)79-59-41-29-42-60-79/h27-34,37-52,55-70,75-76,85-87,89-96,105-107H,5-26,35-36,53-54,71-74H2,1-4H3/t75?,85?,86?,87?,89-,90-,91+,92-,93?,94?,95+,96?,105-,106+,107+/m1/s1. The molecule has 24 heteroatoms. The van der Waals surface area contributed by atoms with E-state index in [9.17, 15) is 24.0 Å². The third-order valence-corrected chi connectivity index (χ3v) is 24.0. The van der Waals surface area contributed by atoms with E-state index < -0.39 is 165 Å². The highest BCUT2D eigenvalue weighted by Gasteiger charge is 2.60. The van der Waals surface area contributed by atoms with Crippen LogP contribution in [0.3, 0.4) is 0 Å². The Balaban J connectivity index is 1.08. The maximum Gasteiger partial charge on any atom is 0.338 e. The Labute approximate surface area is 770 Å². The van der Waals surface area contributed by atoms with Gasteiger partial charge in [-0.25, -0.2) is 38.4 Å². The predicted molar refractivity (Wildman–Crippen MR) is 490 cm³/mol. The van der Waals surface area contributed by atoms with Gasteiger partial charge >= 0.3 is 53.7 Å². The van der Waals surface area contributed by atoms with Gasteiger partial charge in [-0.05, 0) is 123 Å². The molecule has 0 N–H and O–H groups in total. The average Bonchev–Trinajstić information content (AvgIpc) is 0.741. The smallest absolute Gasteiger partial charge is 0.338 e. The maximum absolute atomic E-state index is 15.7. The summed E-state index contributed by atoms with van der Waals surface area (Å²) >= 11 is 0. The number of carbonyl (C=O) groups is 9. The van der Waals surface area contributed by atoms with Crippen LogP contribution in [0.5, 0.6) is 0 Å². The number of ether oxygens (including phenoxy) is 15. The van der Waals surface area contributed by atoms with Gasteiger partial charge in [0.25, 0.3) is 0 Å². The van der Waals surface area contributed by atoms with Crippen LogP contribution in [-0.2, 0) is 75.8 Å². The Hall–Kier alpha value is -11.3. The van der Waals surface area contributed by atoms with Crippen LogP contribution in [0.25, 0.3) is 0 Å². The number of hydrogen-bond donors (Lipinski definition) is 0. The van der Waals surface area contributed by atoms with Crippen molar-refractivity contribution < 1.29 is 114 Å². The van der Waals surface area contributed by atoms with Gasteiger partial charge in [-0.2, -0.15) is 0 Å². The molecule has 0 spiro atoms. The molecule has 0 radical (unpaired) electrons. The molecule has 3 saturated heterocycles. The lowest BCUT2D eigenvalue weighted by Gasteiger charge is -2.51. The molecule has 8 aromatic rings. The van der Waals surface area contributed by atoms with E-state index in [1.807, 2.05) is 0 Å². The largest absolute Gasteiger partial charge is 0.469 e. The first-order chi connectivity index (χ1) is 64.1. The number of benzene rings is 8. The van der Waals surface area contributed by atoms with E-state index in [-0.39, 0.29) is 57.0 Å². The summed E-state index contributed by atoms with van der Waals surface area (Å²) in [6, 6.07) is 63.6. The number of unbranched alkanes of at least 4 members (excludes halogenated alkanes) is 22. The molecule has 700 valence electrons. The lowest BCUT2D eigenvalue weighted by Crippen LogP contribution is -2.68. The summed E-state index contributed by atoms with van der Waals surface area (Å²) < 4.78 is 102. The van der Waals surface area contributed by atoms with Gasteiger partial charge in [0.15, 0.2) is 49.4 Å². The third-order valence-electron chi connectivity index (χ3n) is 24.0. The van der Waals surface area contributed by atoms with Gasteiger partial charge in [-0.3, -0.25) is 4.79 Å². The molecule has 0 aliphatic carbocycles. The first kappa shape index (κ1) is 100. The molecule has 0 bridgehead atoms. The Morgan fingerprint density at radius 1 is 0.282 bits per heavy atom. The molecule has 7 unspecified atom stereocenters. The minimum absolute atomic E-state index is 0.00339. The topological polar surface area (TPSA) is 292 Å². The van der Waals surface area contributed by atoms with Crippen molar-refractivity contribution in [1.82, 2.24) is 0 Å². The first-order valence-corrected chi connectivity index (χ1v) is 47.0. The molecule has 3 heterocycles. The fraction of sp³-hybridized carbons (Fsp3) is 0.467. The lowest BCUT2D eigenvalue weighted by molar-refractivity contribution is -0.382. The fourth-order valence-electron chi connectivity index (χ4n) is 16.8. The summed E-state index contributed by atoms with van der Waals surface area (Å²) in [5, 5.41) is 0. The molecular weight excluding hydrogens is 1670 g/mol. The predicted octanol–water partition coefficient (Wildman–Crippen LogP) is 21.0. The summed E-state index contributed by atoms with van der Waals surface area (Å²) in [4.78, 5) is 135. The number of hydrogen-bond acceptors (Lipinski definition) is 24. The van der Waals surface area contributed by atoms with Gasteiger partial charge in [-0.15, -0.1) is 0 Å². The molecule has 15 atom stereocenters. The van der Waals surface area contributed by atoms with Crippen molar-refractivity contribution in [3.63, 3.8) is 0 Å². The Kier molecular flexibility index (Phi) is 42.2. The van der Waals surface area contributed by atoms with Crippen molar-refractivity contribution in [3.05, 3.63) is 287 Å². The van der Waals surface area contributed by atoms with E-state index in [1.54, 1.807) is 158 Å². The maximum atomic E-state index is 15.7. The van der Waals surface area contributed by atoms with Gasteiger partial charge in [-0.1, -0.05) is 314 Å². The molecule has 3 fully saturated rings. The second-order valence-corrected chi connectivity index (χ2v) is 33.8. The third kappa shape index (κ3) is 31.8. The Bertz CT molecular complexity index is 4680. The summed E-state index contributed by atoms with van der Waals surface area (Å²) in [7, 11) is 1.13. The normalized spacial score (nSPS) is 21.7. The molecule has 11 rings (SSSR count). The molecule has 24 nitrogen and oxygen atoms in total. The van der Waals surface area contributed by atoms with E-state index in [0.717, 1.165) is 84.2 Å². The van der Waals surface area contributed by atoms with Crippen molar-refractivity contribution in [2.75, 3.05) is 26.9 Å². The summed E-state index contributed by atoms with van der Waals surface area (Å²) in [5.41, 5.74) is 0.412. The van der Waals surface area contributed by atoms with Crippen LogP contribution < -0.4 is 0 Å². The highest BCUT2D eigenvalue weighted by Crippen LogP contribution is 2.42. The van der Waals surface area contributed by atoms with Gasteiger partial charge < -0.3 is 71.1 Å². The zero-order chi connectivity index (χ0) is 92.2. The van der Waals surface area contributed by atoms with Crippen LogP contribution in [0.1, 0.15) is 277 Å². The molecule has 8 aromatic carbocycles. The molecular formula is C107H128O24. The van der Waals surface area contributed by atoms with Crippen LogP contribution in [0.4, 0.5) is 0 Å². The van der Waals surface area contributed by atoms with Gasteiger partial charge in [0.1, 0.15) is 43.7 Å². The molecule has 3 aliphatic heterocycles. The number of methoxy groups -OCH3 is 1. The Morgan fingerprint density at radius 2 is 0.550 bits per heavy atom.